The lowest BCUT2D eigenvalue weighted by molar-refractivity contribution is 0.0336. The summed E-state index contributed by atoms with van der Waals surface area (Å²) in [6.07, 6.45) is 2.76. The molecule has 4 rings (SSSR count). The van der Waals surface area contributed by atoms with Crippen molar-refractivity contribution < 1.29 is 9.47 Å². The van der Waals surface area contributed by atoms with Crippen LogP contribution in [0.15, 0.2) is 48.7 Å². The minimum atomic E-state index is 0.800. The van der Waals surface area contributed by atoms with E-state index in [4.69, 9.17) is 14.5 Å². The molecule has 2 aromatic heterocycles. The Morgan fingerprint density at radius 3 is 2.41 bits per heavy atom. The second-order valence-electron chi connectivity index (χ2n) is 7.91. The Balaban J connectivity index is 1.47. The van der Waals surface area contributed by atoms with Gasteiger partial charge in [-0.3, -0.25) is 9.88 Å². The van der Waals surface area contributed by atoms with E-state index in [1.165, 1.54) is 5.56 Å². The Morgan fingerprint density at radius 1 is 1.03 bits per heavy atom. The molecule has 0 atom stereocenters. The zero-order valence-electron chi connectivity index (χ0n) is 19.0. The maximum Gasteiger partial charge on any atom is 0.148 e. The number of aryl methyl sites for hydroxylation is 2. The molecule has 3 heterocycles. The van der Waals surface area contributed by atoms with Gasteiger partial charge in [-0.2, -0.15) is 0 Å². The van der Waals surface area contributed by atoms with Crippen molar-refractivity contribution in [2.24, 2.45) is 0 Å². The van der Waals surface area contributed by atoms with E-state index < -0.39 is 0 Å². The molecule has 1 aliphatic rings. The van der Waals surface area contributed by atoms with Crippen molar-refractivity contribution in [3.05, 3.63) is 76.7 Å². The first-order chi connectivity index (χ1) is 15.7. The third-order valence-corrected chi connectivity index (χ3v) is 5.59. The fraction of sp³-hybridized carbons (Fsp3) is 0.333. The summed E-state index contributed by atoms with van der Waals surface area (Å²) in [4.78, 5) is 11.7. The molecule has 0 aliphatic carbocycles. The third-order valence-electron chi connectivity index (χ3n) is 5.59. The van der Waals surface area contributed by atoms with Crippen LogP contribution in [0.3, 0.4) is 0 Å². The minimum absolute atomic E-state index is 0.800. The van der Waals surface area contributed by atoms with E-state index in [9.17, 15) is 0 Å². The SMILES string of the molecule is CCc1cc(C)nc(-c2ccc(C#Cc3ccc(CN4CCOCC4)nc3)cc2)c1OC. The van der Waals surface area contributed by atoms with Crippen LogP contribution in [-0.4, -0.2) is 48.3 Å². The molecule has 0 N–H and O–H groups in total. The van der Waals surface area contributed by atoms with E-state index in [0.717, 1.165) is 78.8 Å². The summed E-state index contributed by atoms with van der Waals surface area (Å²) in [6.45, 7) is 8.52. The summed E-state index contributed by atoms with van der Waals surface area (Å²) >= 11 is 0. The quantitative estimate of drug-likeness (QED) is 0.570. The number of benzene rings is 1. The summed E-state index contributed by atoms with van der Waals surface area (Å²) < 4.78 is 11.1. The van der Waals surface area contributed by atoms with Crippen molar-refractivity contribution in [1.29, 1.82) is 0 Å². The molecule has 0 bridgehead atoms. The van der Waals surface area contributed by atoms with E-state index in [1.807, 2.05) is 31.3 Å². The van der Waals surface area contributed by atoms with E-state index in [1.54, 1.807) is 7.11 Å². The summed E-state index contributed by atoms with van der Waals surface area (Å²) in [5.74, 6) is 7.30. The number of methoxy groups -OCH3 is 1. The highest BCUT2D eigenvalue weighted by molar-refractivity contribution is 5.69. The van der Waals surface area contributed by atoms with Crippen LogP contribution in [0.1, 0.15) is 35.0 Å². The van der Waals surface area contributed by atoms with E-state index in [0.29, 0.717) is 0 Å². The van der Waals surface area contributed by atoms with Crippen LogP contribution in [0, 0.1) is 18.8 Å². The maximum absolute atomic E-state index is 5.66. The molecule has 1 fully saturated rings. The van der Waals surface area contributed by atoms with Gasteiger partial charge in [0.2, 0.25) is 0 Å². The second-order valence-corrected chi connectivity index (χ2v) is 7.91. The largest absolute Gasteiger partial charge is 0.494 e. The van der Waals surface area contributed by atoms with Gasteiger partial charge in [-0.05, 0) is 49.2 Å². The molecular weight excluding hydrogens is 398 g/mol. The average molecular weight is 428 g/mol. The fourth-order valence-corrected chi connectivity index (χ4v) is 3.85. The highest BCUT2D eigenvalue weighted by Crippen LogP contribution is 2.32. The molecule has 1 aromatic carbocycles. The summed E-state index contributed by atoms with van der Waals surface area (Å²) in [7, 11) is 1.70. The zero-order chi connectivity index (χ0) is 22.3. The Bertz CT molecular complexity index is 1110. The van der Waals surface area contributed by atoms with Crippen molar-refractivity contribution in [3.63, 3.8) is 0 Å². The van der Waals surface area contributed by atoms with Crippen LogP contribution in [0.5, 0.6) is 5.75 Å². The first-order valence-corrected chi connectivity index (χ1v) is 11.1. The number of nitrogens with zero attached hydrogens (tertiary/aromatic N) is 3. The molecule has 164 valence electrons. The molecule has 1 aliphatic heterocycles. The first kappa shape index (κ1) is 22.0. The lowest BCUT2D eigenvalue weighted by Gasteiger charge is -2.26. The third kappa shape index (κ3) is 5.34. The van der Waals surface area contributed by atoms with Crippen molar-refractivity contribution in [3.8, 4) is 28.8 Å². The number of rotatable bonds is 5. The molecule has 0 unspecified atom stereocenters. The Morgan fingerprint density at radius 2 is 1.75 bits per heavy atom. The van der Waals surface area contributed by atoms with E-state index in [2.05, 4.69) is 52.9 Å². The monoisotopic (exact) mass is 427 g/mol. The van der Waals surface area contributed by atoms with Gasteiger partial charge in [0.05, 0.1) is 26.0 Å². The molecule has 0 amide bonds. The molecule has 5 nitrogen and oxygen atoms in total. The number of morpholine rings is 1. The number of aromatic nitrogens is 2. The molecule has 0 radical (unpaired) electrons. The van der Waals surface area contributed by atoms with Gasteiger partial charge in [0.15, 0.2) is 0 Å². The molecule has 32 heavy (non-hydrogen) atoms. The lowest BCUT2D eigenvalue weighted by atomic mass is 10.0. The molecule has 0 spiro atoms. The van der Waals surface area contributed by atoms with Crippen LogP contribution < -0.4 is 4.74 Å². The minimum Gasteiger partial charge on any atom is -0.494 e. The van der Waals surface area contributed by atoms with Crippen LogP contribution in [0.25, 0.3) is 11.3 Å². The van der Waals surface area contributed by atoms with Crippen molar-refractivity contribution >= 4 is 0 Å². The van der Waals surface area contributed by atoms with Crippen LogP contribution in [0.2, 0.25) is 0 Å². The summed E-state index contributed by atoms with van der Waals surface area (Å²) in [5, 5.41) is 0. The van der Waals surface area contributed by atoms with Gasteiger partial charge in [0.1, 0.15) is 11.4 Å². The van der Waals surface area contributed by atoms with Crippen LogP contribution >= 0.6 is 0 Å². The highest BCUT2D eigenvalue weighted by Gasteiger charge is 2.13. The summed E-state index contributed by atoms with van der Waals surface area (Å²) in [6, 6.07) is 14.3. The van der Waals surface area contributed by atoms with Gasteiger partial charge in [-0.1, -0.05) is 30.9 Å². The van der Waals surface area contributed by atoms with Crippen molar-refractivity contribution in [2.75, 3.05) is 33.4 Å². The first-order valence-electron chi connectivity index (χ1n) is 11.1. The number of hydrogen-bond donors (Lipinski definition) is 0. The molecule has 3 aromatic rings. The Labute approximate surface area is 190 Å². The van der Waals surface area contributed by atoms with Crippen LogP contribution in [0.4, 0.5) is 0 Å². The lowest BCUT2D eigenvalue weighted by Crippen LogP contribution is -2.35. The van der Waals surface area contributed by atoms with E-state index in [-0.39, 0.29) is 0 Å². The van der Waals surface area contributed by atoms with Crippen molar-refractivity contribution in [2.45, 2.75) is 26.8 Å². The predicted octanol–water partition coefficient (Wildman–Crippen LogP) is 4.26. The fourth-order valence-electron chi connectivity index (χ4n) is 3.85. The van der Waals surface area contributed by atoms with Crippen molar-refractivity contribution in [1.82, 2.24) is 14.9 Å². The maximum atomic E-state index is 5.66. The predicted molar refractivity (Wildman–Crippen MR) is 127 cm³/mol. The van der Waals surface area contributed by atoms with Gasteiger partial charge in [0.25, 0.3) is 0 Å². The molecule has 1 saturated heterocycles. The van der Waals surface area contributed by atoms with Gasteiger partial charge < -0.3 is 9.47 Å². The topological polar surface area (TPSA) is 47.5 Å². The summed E-state index contributed by atoms with van der Waals surface area (Å²) in [5.41, 5.74) is 6.99. The smallest absolute Gasteiger partial charge is 0.148 e. The standard InChI is InChI=1S/C27H29N3O2/c1-4-23-17-20(2)29-26(27(23)31-3)24-10-7-21(8-11-24)5-6-22-9-12-25(28-18-22)19-30-13-15-32-16-14-30/h7-12,17-18H,4,13-16,19H2,1-3H3. The number of ether oxygens (including phenoxy) is 2. The Kier molecular flexibility index (Phi) is 7.16. The van der Waals surface area contributed by atoms with E-state index >= 15 is 0 Å². The number of hydrogen-bond acceptors (Lipinski definition) is 5. The van der Waals surface area contributed by atoms with Gasteiger partial charge >= 0.3 is 0 Å². The normalized spacial score (nSPS) is 14.0. The molecule has 0 saturated carbocycles. The Hall–Kier alpha value is -3.20. The van der Waals surface area contributed by atoms with Gasteiger partial charge in [0, 0.05) is 48.2 Å². The second kappa shape index (κ2) is 10.4. The zero-order valence-corrected chi connectivity index (χ0v) is 19.0. The van der Waals surface area contributed by atoms with Crippen LogP contribution in [-0.2, 0) is 17.7 Å². The number of pyridine rings is 2. The average Bonchev–Trinajstić information content (AvgIpc) is 2.84. The van der Waals surface area contributed by atoms with Gasteiger partial charge in [-0.25, -0.2) is 4.98 Å². The van der Waals surface area contributed by atoms with Gasteiger partial charge in [-0.15, -0.1) is 0 Å². The highest BCUT2D eigenvalue weighted by atomic mass is 16.5. The molecule has 5 heteroatoms. The molecular formula is C27H29N3O2.